The molecular weight excluding hydrogens is 182 g/mol. The molecule has 0 amide bonds. The number of nitrogens with two attached hydrogens (primary N) is 1. The van der Waals surface area contributed by atoms with Gasteiger partial charge >= 0.3 is 0 Å². The highest BCUT2D eigenvalue weighted by Crippen LogP contribution is 2.14. The van der Waals surface area contributed by atoms with E-state index in [4.69, 9.17) is 10.3 Å². The molecule has 0 aliphatic carbocycles. The summed E-state index contributed by atoms with van der Waals surface area (Å²) in [6.45, 7) is 1.90. The van der Waals surface area contributed by atoms with Gasteiger partial charge in [-0.3, -0.25) is 5.10 Å². The molecule has 0 radical (unpaired) electrons. The van der Waals surface area contributed by atoms with Crippen LogP contribution in [0, 0.1) is 0 Å². The highest BCUT2D eigenvalue weighted by atomic mass is 16.5. The predicted octanol–water partition coefficient (Wildman–Crippen LogP) is 0.349. The van der Waals surface area contributed by atoms with E-state index in [9.17, 15) is 0 Å². The molecule has 2 aromatic heterocycles. The second kappa shape index (κ2) is 3.59. The maximum Gasteiger partial charge on any atom is 0.261 e. The largest absolute Gasteiger partial charge is 0.334 e. The molecule has 0 aliphatic heterocycles. The first kappa shape index (κ1) is 8.89. The van der Waals surface area contributed by atoms with Crippen molar-refractivity contribution in [1.82, 2.24) is 20.3 Å². The summed E-state index contributed by atoms with van der Waals surface area (Å²) in [4.78, 5) is 4.18. The third kappa shape index (κ3) is 1.80. The van der Waals surface area contributed by atoms with Gasteiger partial charge < -0.3 is 10.3 Å². The zero-order valence-electron chi connectivity index (χ0n) is 7.77. The van der Waals surface area contributed by atoms with E-state index >= 15 is 0 Å². The molecule has 6 heteroatoms. The van der Waals surface area contributed by atoms with E-state index < -0.39 is 0 Å². The first-order chi connectivity index (χ1) is 6.75. The Labute approximate surface area is 80.5 Å². The number of nitrogens with one attached hydrogen (secondary N) is 1. The van der Waals surface area contributed by atoms with E-state index in [0.717, 1.165) is 5.56 Å². The molecular formula is C8H11N5O. The van der Waals surface area contributed by atoms with Crippen molar-refractivity contribution < 1.29 is 4.52 Å². The normalized spacial score (nSPS) is 13.0. The lowest BCUT2D eigenvalue weighted by Gasteiger charge is -1.96. The molecule has 0 bridgehead atoms. The summed E-state index contributed by atoms with van der Waals surface area (Å²) in [5, 5.41) is 10.3. The fourth-order valence-electron chi connectivity index (χ4n) is 1.11. The van der Waals surface area contributed by atoms with Crippen LogP contribution in [-0.4, -0.2) is 26.4 Å². The van der Waals surface area contributed by atoms with Crippen LogP contribution in [0.1, 0.15) is 12.7 Å². The Balaban J connectivity index is 2.18. The number of nitrogens with zero attached hydrogens (tertiary/aromatic N) is 3. The van der Waals surface area contributed by atoms with Crippen LogP contribution in [0.4, 0.5) is 0 Å². The maximum atomic E-state index is 5.61. The third-order valence-electron chi connectivity index (χ3n) is 1.72. The van der Waals surface area contributed by atoms with Crippen molar-refractivity contribution in [2.75, 3.05) is 0 Å². The zero-order valence-corrected chi connectivity index (χ0v) is 7.77. The highest BCUT2D eigenvalue weighted by molar-refractivity contribution is 5.48. The van der Waals surface area contributed by atoms with Gasteiger partial charge in [0, 0.05) is 18.7 Å². The number of aromatic nitrogens is 4. The first-order valence-electron chi connectivity index (χ1n) is 4.33. The average Bonchev–Trinajstić information content (AvgIpc) is 2.69. The summed E-state index contributed by atoms with van der Waals surface area (Å²) >= 11 is 0. The number of aromatic amines is 1. The van der Waals surface area contributed by atoms with Gasteiger partial charge in [-0.05, 0) is 6.92 Å². The predicted molar refractivity (Wildman–Crippen MR) is 49.2 cm³/mol. The van der Waals surface area contributed by atoms with Crippen molar-refractivity contribution in [3.8, 4) is 11.5 Å². The van der Waals surface area contributed by atoms with Gasteiger partial charge in [-0.2, -0.15) is 10.1 Å². The molecule has 2 rings (SSSR count). The average molecular weight is 193 g/mol. The summed E-state index contributed by atoms with van der Waals surface area (Å²) in [5.74, 6) is 1.09. The molecule has 1 unspecified atom stereocenters. The van der Waals surface area contributed by atoms with Crippen molar-refractivity contribution >= 4 is 0 Å². The Morgan fingerprint density at radius 3 is 3.14 bits per heavy atom. The fourth-order valence-corrected chi connectivity index (χ4v) is 1.11. The molecule has 2 aromatic rings. The minimum atomic E-state index is 0.0322. The second-order valence-corrected chi connectivity index (χ2v) is 3.18. The molecule has 0 fully saturated rings. The summed E-state index contributed by atoms with van der Waals surface area (Å²) in [6, 6.07) is 0.0322. The van der Waals surface area contributed by atoms with Crippen LogP contribution in [0.3, 0.4) is 0 Å². The minimum absolute atomic E-state index is 0.0322. The lowest BCUT2D eigenvalue weighted by Crippen LogP contribution is -2.18. The molecule has 14 heavy (non-hydrogen) atoms. The van der Waals surface area contributed by atoms with Gasteiger partial charge in [0.2, 0.25) is 0 Å². The molecule has 0 saturated carbocycles. The van der Waals surface area contributed by atoms with E-state index in [-0.39, 0.29) is 6.04 Å². The molecule has 0 saturated heterocycles. The summed E-state index contributed by atoms with van der Waals surface area (Å²) in [7, 11) is 0. The SMILES string of the molecule is CC(N)Cc1noc(-c2cn[nH]c2)n1. The molecule has 2 heterocycles. The Morgan fingerprint density at radius 2 is 2.50 bits per heavy atom. The lowest BCUT2D eigenvalue weighted by atomic mass is 10.2. The van der Waals surface area contributed by atoms with E-state index in [1.54, 1.807) is 12.4 Å². The van der Waals surface area contributed by atoms with E-state index in [0.29, 0.717) is 18.1 Å². The van der Waals surface area contributed by atoms with Gasteiger partial charge in [0.25, 0.3) is 5.89 Å². The maximum absolute atomic E-state index is 5.61. The van der Waals surface area contributed by atoms with Crippen LogP contribution in [0.25, 0.3) is 11.5 Å². The van der Waals surface area contributed by atoms with E-state index in [1.165, 1.54) is 0 Å². The van der Waals surface area contributed by atoms with Crippen LogP contribution in [0.2, 0.25) is 0 Å². The zero-order chi connectivity index (χ0) is 9.97. The minimum Gasteiger partial charge on any atom is -0.334 e. The number of H-pyrrole nitrogens is 1. The number of hydrogen-bond acceptors (Lipinski definition) is 5. The van der Waals surface area contributed by atoms with Crippen molar-refractivity contribution in [3.05, 3.63) is 18.2 Å². The van der Waals surface area contributed by atoms with Crippen molar-refractivity contribution in [3.63, 3.8) is 0 Å². The van der Waals surface area contributed by atoms with Crippen LogP contribution in [-0.2, 0) is 6.42 Å². The van der Waals surface area contributed by atoms with Crippen molar-refractivity contribution in [2.24, 2.45) is 5.73 Å². The standard InChI is InChI=1S/C8H11N5O/c1-5(9)2-7-12-8(14-13-7)6-3-10-11-4-6/h3-5H,2,9H2,1H3,(H,10,11). The van der Waals surface area contributed by atoms with Crippen LogP contribution < -0.4 is 5.73 Å². The van der Waals surface area contributed by atoms with E-state index in [2.05, 4.69) is 20.3 Å². The van der Waals surface area contributed by atoms with Gasteiger partial charge in [-0.1, -0.05) is 5.16 Å². The topological polar surface area (TPSA) is 93.6 Å². The van der Waals surface area contributed by atoms with Gasteiger partial charge in [0.05, 0.1) is 11.8 Å². The van der Waals surface area contributed by atoms with Crippen LogP contribution >= 0.6 is 0 Å². The third-order valence-corrected chi connectivity index (χ3v) is 1.72. The van der Waals surface area contributed by atoms with Crippen LogP contribution in [0.5, 0.6) is 0 Å². The Hall–Kier alpha value is -1.69. The van der Waals surface area contributed by atoms with E-state index in [1.807, 2.05) is 6.92 Å². The van der Waals surface area contributed by atoms with Gasteiger partial charge in [0.1, 0.15) is 0 Å². The highest BCUT2D eigenvalue weighted by Gasteiger charge is 2.10. The van der Waals surface area contributed by atoms with Crippen molar-refractivity contribution in [2.45, 2.75) is 19.4 Å². The summed E-state index contributed by atoms with van der Waals surface area (Å²) < 4.78 is 5.03. The van der Waals surface area contributed by atoms with Crippen LogP contribution in [0.15, 0.2) is 16.9 Å². The number of rotatable bonds is 3. The van der Waals surface area contributed by atoms with Crippen molar-refractivity contribution in [1.29, 1.82) is 0 Å². The molecule has 74 valence electrons. The summed E-state index contributed by atoms with van der Waals surface area (Å²) in [5.41, 5.74) is 6.40. The number of hydrogen-bond donors (Lipinski definition) is 2. The Morgan fingerprint density at radius 1 is 1.64 bits per heavy atom. The molecule has 3 N–H and O–H groups in total. The molecule has 6 nitrogen and oxygen atoms in total. The quantitative estimate of drug-likeness (QED) is 0.733. The summed E-state index contributed by atoms with van der Waals surface area (Å²) in [6.07, 6.45) is 3.94. The Kier molecular flexibility index (Phi) is 2.28. The molecule has 1 atom stereocenters. The van der Waals surface area contributed by atoms with Gasteiger partial charge in [0.15, 0.2) is 5.82 Å². The van der Waals surface area contributed by atoms with Gasteiger partial charge in [-0.25, -0.2) is 0 Å². The Bertz CT molecular complexity index is 392. The fraction of sp³-hybridized carbons (Fsp3) is 0.375. The lowest BCUT2D eigenvalue weighted by molar-refractivity contribution is 0.420. The second-order valence-electron chi connectivity index (χ2n) is 3.18. The first-order valence-corrected chi connectivity index (χ1v) is 4.33. The van der Waals surface area contributed by atoms with Gasteiger partial charge in [-0.15, -0.1) is 0 Å². The monoisotopic (exact) mass is 193 g/mol. The molecule has 0 aromatic carbocycles. The smallest absolute Gasteiger partial charge is 0.261 e. The molecule has 0 aliphatic rings. The molecule has 0 spiro atoms.